The minimum absolute atomic E-state index is 0.511. The SMILES string of the molecule is CS(=O)(=O)N1CCCC(CN2CCNCC2)C1. The number of piperazine rings is 1. The van der Waals surface area contributed by atoms with Gasteiger partial charge < -0.3 is 10.2 Å². The third kappa shape index (κ3) is 3.91. The largest absolute Gasteiger partial charge is 0.314 e. The van der Waals surface area contributed by atoms with Crippen LogP contribution in [0.3, 0.4) is 0 Å². The van der Waals surface area contributed by atoms with E-state index in [1.807, 2.05) is 0 Å². The van der Waals surface area contributed by atoms with E-state index in [1.54, 1.807) is 4.31 Å². The standard InChI is InChI=1S/C11H23N3O2S/c1-17(15,16)14-6-2-3-11(10-14)9-13-7-4-12-5-8-13/h11-12H,2-10H2,1H3. The summed E-state index contributed by atoms with van der Waals surface area (Å²) in [6, 6.07) is 0. The highest BCUT2D eigenvalue weighted by Gasteiger charge is 2.27. The van der Waals surface area contributed by atoms with Crippen LogP contribution in [0.1, 0.15) is 12.8 Å². The summed E-state index contributed by atoms with van der Waals surface area (Å²) in [6.45, 7) is 6.77. The second-order valence-electron chi connectivity index (χ2n) is 5.18. The highest BCUT2D eigenvalue weighted by atomic mass is 32.2. The highest BCUT2D eigenvalue weighted by molar-refractivity contribution is 7.88. The van der Waals surface area contributed by atoms with Crippen LogP contribution in [-0.2, 0) is 10.0 Å². The van der Waals surface area contributed by atoms with Crippen molar-refractivity contribution in [1.82, 2.24) is 14.5 Å². The number of nitrogens with zero attached hydrogens (tertiary/aromatic N) is 2. The van der Waals surface area contributed by atoms with E-state index >= 15 is 0 Å². The summed E-state index contributed by atoms with van der Waals surface area (Å²) in [7, 11) is -3.00. The molecular weight excluding hydrogens is 238 g/mol. The Bertz CT molecular complexity index is 339. The third-order valence-corrected chi connectivity index (χ3v) is 4.95. The molecule has 6 heteroatoms. The molecule has 0 aromatic rings. The van der Waals surface area contributed by atoms with Gasteiger partial charge >= 0.3 is 0 Å². The van der Waals surface area contributed by atoms with Crippen molar-refractivity contribution in [3.63, 3.8) is 0 Å². The number of hydrogen-bond acceptors (Lipinski definition) is 4. The van der Waals surface area contributed by atoms with E-state index in [9.17, 15) is 8.42 Å². The third-order valence-electron chi connectivity index (χ3n) is 3.68. The van der Waals surface area contributed by atoms with Gasteiger partial charge in [0.15, 0.2) is 0 Å². The molecule has 2 aliphatic heterocycles. The summed E-state index contributed by atoms with van der Waals surface area (Å²) >= 11 is 0. The normalized spacial score (nSPS) is 29.4. The first kappa shape index (κ1) is 13.3. The Morgan fingerprint density at radius 2 is 1.94 bits per heavy atom. The van der Waals surface area contributed by atoms with Gasteiger partial charge in [0.1, 0.15) is 0 Å². The predicted molar refractivity (Wildman–Crippen MR) is 68.5 cm³/mol. The molecule has 2 heterocycles. The molecule has 2 saturated heterocycles. The first-order valence-electron chi connectivity index (χ1n) is 6.44. The van der Waals surface area contributed by atoms with Crippen molar-refractivity contribution in [3.05, 3.63) is 0 Å². The molecule has 0 bridgehead atoms. The molecule has 2 fully saturated rings. The average Bonchev–Trinajstić information content (AvgIpc) is 2.29. The Hall–Kier alpha value is -0.170. The van der Waals surface area contributed by atoms with Crippen LogP contribution in [0.2, 0.25) is 0 Å². The van der Waals surface area contributed by atoms with Crippen molar-refractivity contribution in [2.75, 3.05) is 52.1 Å². The molecule has 0 aromatic heterocycles. The lowest BCUT2D eigenvalue weighted by atomic mass is 9.99. The first-order chi connectivity index (χ1) is 8.05. The molecule has 1 atom stereocenters. The summed E-state index contributed by atoms with van der Waals surface area (Å²) < 4.78 is 24.7. The van der Waals surface area contributed by atoms with Crippen molar-refractivity contribution in [2.45, 2.75) is 12.8 Å². The van der Waals surface area contributed by atoms with Crippen molar-refractivity contribution < 1.29 is 8.42 Å². The van der Waals surface area contributed by atoms with Gasteiger partial charge in [-0.2, -0.15) is 0 Å². The molecule has 0 spiro atoms. The van der Waals surface area contributed by atoms with Crippen molar-refractivity contribution >= 4 is 10.0 Å². The molecule has 1 unspecified atom stereocenters. The van der Waals surface area contributed by atoms with E-state index in [0.717, 1.165) is 45.6 Å². The van der Waals surface area contributed by atoms with E-state index in [2.05, 4.69) is 10.2 Å². The number of hydrogen-bond donors (Lipinski definition) is 1. The van der Waals surface area contributed by atoms with Crippen molar-refractivity contribution in [1.29, 1.82) is 0 Å². The van der Waals surface area contributed by atoms with Crippen LogP contribution >= 0.6 is 0 Å². The fraction of sp³-hybridized carbons (Fsp3) is 1.00. The molecule has 1 N–H and O–H groups in total. The van der Waals surface area contributed by atoms with Crippen LogP contribution in [-0.4, -0.2) is 69.7 Å². The lowest BCUT2D eigenvalue weighted by Gasteiger charge is -2.35. The van der Waals surface area contributed by atoms with E-state index < -0.39 is 10.0 Å². The number of nitrogens with one attached hydrogen (secondary N) is 1. The van der Waals surface area contributed by atoms with E-state index in [4.69, 9.17) is 0 Å². The Kier molecular flexibility index (Phi) is 4.41. The molecule has 0 aliphatic carbocycles. The van der Waals surface area contributed by atoms with Crippen LogP contribution in [0.15, 0.2) is 0 Å². The van der Waals surface area contributed by atoms with Gasteiger partial charge in [-0.3, -0.25) is 0 Å². The fourth-order valence-corrected chi connectivity index (χ4v) is 3.68. The molecule has 5 nitrogen and oxygen atoms in total. The molecule has 2 aliphatic rings. The van der Waals surface area contributed by atoms with Crippen molar-refractivity contribution in [3.8, 4) is 0 Å². The summed E-state index contributed by atoms with van der Waals surface area (Å²) in [5, 5.41) is 3.34. The van der Waals surface area contributed by atoms with Crippen LogP contribution in [0.4, 0.5) is 0 Å². The van der Waals surface area contributed by atoms with Gasteiger partial charge in [0.2, 0.25) is 10.0 Å². The second kappa shape index (κ2) is 5.65. The highest BCUT2D eigenvalue weighted by Crippen LogP contribution is 2.19. The average molecular weight is 261 g/mol. The second-order valence-corrected chi connectivity index (χ2v) is 7.16. The summed E-state index contributed by atoms with van der Waals surface area (Å²) in [5.41, 5.74) is 0. The quantitative estimate of drug-likeness (QED) is 0.748. The molecule has 0 amide bonds. The summed E-state index contributed by atoms with van der Waals surface area (Å²) in [5.74, 6) is 0.511. The maximum atomic E-state index is 11.5. The number of piperidine rings is 1. The summed E-state index contributed by atoms with van der Waals surface area (Å²) in [4.78, 5) is 2.45. The Balaban J connectivity index is 1.84. The maximum absolute atomic E-state index is 11.5. The smallest absolute Gasteiger partial charge is 0.211 e. The molecule has 0 radical (unpaired) electrons. The predicted octanol–water partition coefficient (Wildman–Crippen LogP) is -0.437. The zero-order chi connectivity index (χ0) is 12.3. The molecule has 0 aromatic carbocycles. The van der Waals surface area contributed by atoms with Crippen LogP contribution in [0, 0.1) is 5.92 Å². The monoisotopic (exact) mass is 261 g/mol. The first-order valence-corrected chi connectivity index (χ1v) is 8.29. The Morgan fingerprint density at radius 1 is 1.24 bits per heavy atom. The van der Waals surface area contributed by atoms with E-state index in [0.29, 0.717) is 19.0 Å². The molecular formula is C11H23N3O2S. The molecule has 17 heavy (non-hydrogen) atoms. The summed E-state index contributed by atoms with van der Waals surface area (Å²) in [6.07, 6.45) is 3.49. The number of sulfonamides is 1. The van der Waals surface area contributed by atoms with Crippen LogP contribution < -0.4 is 5.32 Å². The maximum Gasteiger partial charge on any atom is 0.211 e. The van der Waals surface area contributed by atoms with E-state index in [1.165, 1.54) is 6.26 Å². The molecule has 0 saturated carbocycles. The minimum atomic E-state index is -3.00. The van der Waals surface area contributed by atoms with Crippen LogP contribution in [0.25, 0.3) is 0 Å². The van der Waals surface area contributed by atoms with Gasteiger partial charge in [-0.15, -0.1) is 0 Å². The van der Waals surface area contributed by atoms with Crippen molar-refractivity contribution in [2.24, 2.45) is 5.92 Å². The molecule has 100 valence electrons. The topological polar surface area (TPSA) is 52.7 Å². The fourth-order valence-electron chi connectivity index (χ4n) is 2.74. The van der Waals surface area contributed by atoms with Gasteiger partial charge in [0.25, 0.3) is 0 Å². The lowest BCUT2D eigenvalue weighted by molar-refractivity contribution is 0.165. The molecule has 2 rings (SSSR count). The lowest BCUT2D eigenvalue weighted by Crippen LogP contribution is -2.48. The van der Waals surface area contributed by atoms with Gasteiger partial charge in [0.05, 0.1) is 6.26 Å². The van der Waals surface area contributed by atoms with Gasteiger partial charge in [0, 0.05) is 45.8 Å². The van der Waals surface area contributed by atoms with Gasteiger partial charge in [-0.25, -0.2) is 12.7 Å². The van der Waals surface area contributed by atoms with E-state index in [-0.39, 0.29) is 0 Å². The Labute approximate surface area is 104 Å². The van der Waals surface area contributed by atoms with Gasteiger partial charge in [-0.05, 0) is 18.8 Å². The number of rotatable bonds is 3. The zero-order valence-corrected chi connectivity index (χ0v) is 11.4. The van der Waals surface area contributed by atoms with Crippen LogP contribution in [0.5, 0.6) is 0 Å². The zero-order valence-electron chi connectivity index (χ0n) is 10.6. The van der Waals surface area contributed by atoms with Gasteiger partial charge in [-0.1, -0.05) is 0 Å². The minimum Gasteiger partial charge on any atom is -0.314 e. The Morgan fingerprint density at radius 3 is 2.59 bits per heavy atom.